The van der Waals surface area contributed by atoms with E-state index in [1.807, 2.05) is 12.1 Å². The van der Waals surface area contributed by atoms with Crippen LogP contribution in [0.25, 0.3) is 22.4 Å². The van der Waals surface area contributed by atoms with Crippen molar-refractivity contribution in [2.24, 2.45) is 0 Å². The molecule has 3 aromatic heterocycles. The van der Waals surface area contributed by atoms with Gasteiger partial charge in [-0.25, -0.2) is 23.4 Å². The predicted octanol–water partition coefficient (Wildman–Crippen LogP) is 1.90. The van der Waals surface area contributed by atoms with Gasteiger partial charge in [0, 0.05) is 29.5 Å². The lowest BCUT2D eigenvalue weighted by Crippen LogP contribution is -2.44. The van der Waals surface area contributed by atoms with Crippen molar-refractivity contribution in [2.75, 3.05) is 16.8 Å². The van der Waals surface area contributed by atoms with E-state index in [2.05, 4.69) is 31.3 Å². The Morgan fingerprint density at radius 1 is 1.15 bits per heavy atom. The number of pyridine rings is 1. The second-order valence-corrected chi connectivity index (χ2v) is 8.64. The number of nitriles is 1. The Bertz CT molecular complexity index is 1100. The molecule has 4 rings (SSSR count). The van der Waals surface area contributed by atoms with Crippen LogP contribution in [0.2, 0.25) is 0 Å². The van der Waals surface area contributed by atoms with Crippen LogP contribution < -0.4 is 5.32 Å². The summed E-state index contributed by atoms with van der Waals surface area (Å²) in [4.78, 5) is 16.2. The number of rotatable bonds is 3. The fourth-order valence-corrected chi connectivity index (χ4v) is 4.63. The van der Waals surface area contributed by atoms with Crippen molar-refractivity contribution in [3.63, 3.8) is 0 Å². The van der Waals surface area contributed by atoms with Crippen LogP contribution in [0.5, 0.6) is 0 Å². The quantitative estimate of drug-likeness (QED) is 0.723. The Labute approximate surface area is 150 Å². The lowest BCUT2D eigenvalue weighted by atomic mass is 9.94. The zero-order valence-corrected chi connectivity index (χ0v) is 14.6. The number of hydrogen-bond donors (Lipinski definition) is 2. The maximum atomic E-state index is 11.7. The maximum absolute atomic E-state index is 11.7. The van der Waals surface area contributed by atoms with Crippen molar-refractivity contribution in [3.8, 4) is 17.5 Å². The molecule has 0 aliphatic carbocycles. The highest BCUT2D eigenvalue weighted by Gasteiger charge is 2.37. The summed E-state index contributed by atoms with van der Waals surface area (Å²) >= 11 is 0. The van der Waals surface area contributed by atoms with Gasteiger partial charge in [0.2, 0.25) is 0 Å². The van der Waals surface area contributed by atoms with Crippen molar-refractivity contribution in [1.29, 1.82) is 5.26 Å². The SMILES string of the molecule is N#CC1(Nc2ccnc(-c3ccnc4[nH]ccc34)n2)CCS(=O)(=O)CC1. The Hall–Kier alpha value is -2.99. The summed E-state index contributed by atoms with van der Waals surface area (Å²) in [6.07, 6.45) is 5.58. The molecule has 3 aromatic rings. The van der Waals surface area contributed by atoms with Crippen LogP contribution in [0.15, 0.2) is 36.8 Å². The van der Waals surface area contributed by atoms with Gasteiger partial charge in [-0.2, -0.15) is 5.26 Å². The van der Waals surface area contributed by atoms with Gasteiger partial charge < -0.3 is 10.3 Å². The molecule has 1 aliphatic rings. The normalized spacial score (nSPS) is 18.3. The summed E-state index contributed by atoms with van der Waals surface area (Å²) in [6.45, 7) is 0. The minimum atomic E-state index is -3.06. The van der Waals surface area contributed by atoms with Gasteiger partial charge >= 0.3 is 0 Å². The molecule has 0 aromatic carbocycles. The van der Waals surface area contributed by atoms with Crippen LogP contribution in [0.4, 0.5) is 5.82 Å². The maximum Gasteiger partial charge on any atom is 0.162 e. The molecule has 0 atom stereocenters. The molecule has 9 heteroatoms. The van der Waals surface area contributed by atoms with Gasteiger partial charge in [0.1, 0.15) is 17.0 Å². The minimum absolute atomic E-state index is 0.000171. The molecule has 0 bridgehead atoms. The summed E-state index contributed by atoms with van der Waals surface area (Å²) in [5.74, 6) is 1.01. The van der Waals surface area contributed by atoms with Crippen molar-refractivity contribution < 1.29 is 8.42 Å². The zero-order chi connectivity index (χ0) is 18.2. The Morgan fingerprint density at radius 3 is 2.69 bits per heavy atom. The predicted molar refractivity (Wildman–Crippen MR) is 97.0 cm³/mol. The van der Waals surface area contributed by atoms with Crippen molar-refractivity contribution in [3.05, 3.63) is 36.8 Å². The standard InChI is InChI=1S/C17H16N6O2S/c18-11-17(4-9-26(24,25)10-5-17)23-14-3-8-21-16(22-14)13-2-7-20-15-12(13)1-6-19-15/h1-3,6-8H,4-5,9-10H2,(H,19,20)(H,21,22,23). The van der Waals surface area contributed by atoms with E-state index >= 15 is 0 Å². The van der Waals surface area contributed by atoms with Crippen LogP contribution >= 0.6 is 0 Å². The summed E-state index contributed by atoms with van der Waals surface area (Å²) < 4.78 is 23.3. The first-order valence-electron chi connectivity index (χ1n) is 8.16. The third kappa shape index (κ3) is 2.99. The van der Waals surface area contributed by atoms with Crippen LogP contribution in [0, 0.1) is 11.3 Å². The molecule has 1 fully saturated rings. The summed E-state index contributed by atoms with van der Waals surface area (Å²) in [7, 11) is -3.06. The number of fused-ring (bicyclic) bond motifs is 1. The first-order chi connectivity index (χ1) is 12.5. The van der Waals surface area contributed by atoms with Gasteiger partial charge in [0.25, 0.3) is 0 Å². The van der Waals surface area contributed by atoms with Crippen LogP contribution in [-0.4, -0.2) is 45.4 Å². The van der Waals surface area contributed by atoms with Gasteiger partial charge in [-0.1, -0.05) is 0 Å². The Morgan fingerprint density at radius 2 is 1.92 bits per heavy atom. The largest absolute Gasteiger partial charge is 0.352 e. The molecule has 4 heterocycles. The summed E-state index contributed by atoms with van der Waals surface area (Å²) in [5, 5.41) is 13.6. The van der Waals surface area contributed by atoms with E-state index < -0.39 is 15.4 Å². The average molecular weight is 368 g/mol. The molecule has 8 nitrogen and oxygen atoms in total. The van der Waals surface area contributed by atoms with Gasteiger partial charge in [0.15, 0.2) is 15.7 Å². The third-order valence-corrected chi connectivity index (χ3v) is 6.27. The second kappa shape index (κ2) is 6.07. The molecule has 0 unspecified atom stereocenters. The fraction of sp³-hybridized carbons (Fsp3) is 0.294. The Kier molecular flexibility index (Phi) is 3.85. The molecule has 2 N–H and O–H groups in total. The highest BCUT2D eigenvalue weighted by molar-refractivity contribution is 7.91. The van der Waals surface area contributed by atoms with Crippen molar-refractivity contribution >= 4 is 26.7 Å². The first kappa shape index (κ1) is 16.5. The number of nitrogens with one attached hydrogen (secondary N) is 2. The van der Waals surface area contributed by atoms with Gasteiger partial charge in [-0.05, 0) is 31.0 Å². The molecular formula is C17H16N6O2S. The molecular weight excluding hydrogens is 352 g/mol. The summed E-state index contributed by atoms with van der Waals surface area (Å²) in [6, 6.07) is 7.66. The highest BCUT2D eigenvalue weighted by atomic mass is 32.2. The molecule has 0 amide bonds. The molecule has 0 radical (unpaired) electrons. The van der Waals surface area contributed by atoms with E-state index in [4.69, 9.17) is 0 Å². The molecule has 132 valence electrons. The summed E-state index contributed by atoms with van der Waals surface area (Å²) in [5.41, 5.74) is 0.645. The van der Waals surface area contributed by atoms with Gasteiger partial charge in [-0.15, -0.1) is 0 Å². The monoisotopic (exact) mass is 368 g/mol. The van der Waals surface area contributed by atoms with Crippen molar-refractivity contribution in [2.45, 2.75) is 18.4 Å². The number of aromatic amines is 1. The van der Waals surface area contributed by atoms with Crippen molar-refractivity contribution in [1.82, 2.24) is 19.9 Å². The number of H-pyrrole nitrogens is 1. The molecule has 0 saturated carbocycles. The lowest BCUT2D eigenvalue weighted by Gasteiger charge is -2.31. The minimum Gasteiger partial charge on any atom is -0.352 e. The lowest BCUT2D eigenvalue weighted by molar-refractivity contribution is 0.503. The smallest absolute Gasteiger partial charge is 0.162 e. The topological polar surface area (TPSA) is 124 Å². The molecule has 1 aliphatic heterocycles. The number of hydrogen-bond acceptors (Lipinski definition) is 7. The zero-order valence-electron chi connectivity index (χ0n) is 13.8. The number of anilines is 1. The van der Waals surface area contributed by atoms with Crippen LogP contribution in [-0.2, 0) is 9.84 Å². The third-order valence-electron chi connectivity index (χ3n) is 4.62. The molecule has 1 saturated heterocycles. The Balaban J connectivity index is 1.66. The van der Waals surface area contributed by atoms with E-state index in [1.54, 1.807) is 24.7 Å². The highest BCUT2D eigenvalue weighted by Crippen LogP contribution is 2.29. The molecule has 0 spiro atoms. The molecule has 26 heavy (non-hydrogen) atoms. The number of sulfone groups is 1. The van der Waals surface area contributed by atoms with E-state index in [0.717, 1.165) is 16.6 Å². The van der Waals surface area contributed by atoms with Crippen LogP contribution in [0.3, 0.4) is 0 Å². The van der Waals surface area contributed by atoms with E-state index in [9.17, 15) is 13.7 Å². The van der Waals surface area contributed by atoms with E-state index in [1.165, 1.54) is 0 Å². The second-order valence-electron chi connectivity index (χ2n) is 6.33. The van der Waals surface area contributed by atoms with E-state index in [-0.39, 0.29) is 24.3 Å². The number of aromatic nitrogens is 4. The van der Waals surface area contributed by atoms with E-state index in [0.29, 0.717) is 11.6 Å². The van der Waals surface area contributed by atoms with Crippen LogP contribution in [0.1, 0.15) is 12.8 Å². The number of nitrogens with zero attached hydrogens (tertiary/aromatic N) is 4. The average Bonchev–Trinajstić information content (AvgIpc) is 3.13. The van der Waals surface area contributed by atoms with Gasteiger partial charge in [0.05, 0.1) is 17.6 Å². The van der Waals surface area contributed by atoms with Gasteiger partial charge in [-0.3, -0.25) is 0 Å². The first-order valence-corrected chi connectivity index (χ1v) is 9.98. The fourth-order valence-electron chi connectivity index (χ4n) is 3.11.